The minimum absolute atomic E-state index is 0.0256. The lowest BCUT2D eigenvalue weighted by Crippen LogP contribution is -2.21. The number of Topliss-reactive ketones (excluding diaryl/α,β-unsaturated/α-hetero) is 1. The third-order valence-corrected chi connectivity index (χ3v) is 15.0. The first-order valence-electron chi connectivity index (χ1n) is 26.9. The van der Waals surface area contributed by atoms with Crippen molar-refractivity contribution in [3.05, 3.63) is 159 Å². The normalized spacial score (nSPS) is 14.0. The average Bonchev–Trinajstić information content (AvgIpc) is 4.52. The molecule has 4 aromatic heterocycles. The van der Waals surface area contributed by atoms with E-state index in [1.807, 2.05) is 89.1 Å². The summed E-state index contributed by atoms with van der Waals surface area (Å²) in [4.78, 5) is 28.5. The molecule has 0 saturated carbocycles. The van der Waals surface area contributed by atoms with Gasteiger partial charge in [-0.1, -0.05) is 46.8 Å². The minimum Gasteiger partial charge on any atom is -0.478 e. The number of carbonyl (C=O) groups excluding carboxylic acids is 1. The molecule has 2 saturated heterocycles. The van der Waals surface area contributed by atoms with Gasteiger partial charge in [-0.15, -0.1) is 10.2 Å². The molecular formula is C59H67F6N13O3. The summed E-state index contributed by atoms with van der Waals surface area (Å²) in [5.41, 5.74) is 14.9. The molecule has 0 atom stereocenters. The zero-order valence-corrected chi connectivity index (χ0v) is 46.3. The summed E-state index contributed by atoms with van der Waals surface area (Å²) in [6.07, 6.45) is 4.73. The topological polar surface area (TPSA) is 184 Å². The minimum atomic E-state index is -4.52. The van der Waals surface area contributed by atoms with Crippen LogP contribution in [-0.2, 0) is 45.7 Å². The van der Waals surface area contributed by atoms with E-state index in [1.165, 1.54) is 24.3 Å². The fraction of sp³-hybridized carbons (Fsp3) is 0.390. The molecular weight excluding hydrogens is 1050 g/mol. The highest BCUT2D eigenvalue weighted by Gasteiger charge is 2.35. The first kappa shape index (κ1) is 59.1. The third kappa shape index (κ3) is 14.9. The Hall–Kier alpha value is -7.98. The van der Waals surface area contributed by atoms with Gasteiger partial charge in [0.2, 0.25) is 0 Å². The van der Waals surface area contributed by atoms with Gasteiger partial charge >= 0.3 is 18.3 Å². The summed E-state index contributed by atoms with van der Waals surface area (Å²) >= 11 is 0. The van der Waals surface area contributed by atoms with E-state index >= 15 is 0 Å². The molecule has 0 bridgehead atoms. The third-order valence-electron chi connectivity index (χ3n) is 15.0. The molecule has 0 radical (unpaired) electrons. The van der Waals surface area contributed by atoms with Crippen LogP contribution in [0.1, 0.15) is 110 Å². The largest absolute Gasteiger partial charge is 0.478 e. The highest BCUT2D eigenvalue weighted by molar-refractivity contribution is 5.98. The number of hydrogen-bond donors (Lipinski definition) is 2. The predicted octanol–water partition coefficient (Wildman–Crippen LogP) is 11.1. The number of carboxylic acids is 1. The van der Waals surface area contributed by atoms with Gasteiger partial charge in [0.25, 0.3) is 0 Å². The van der Waals surface area contributed by atoms with Crippen molar-refractivity contribution in [2.24, 2.45) is 14.1 Å². The molecule has 6 heterocycles. The van der Waals surface area contributed by atoms with Crippen molar-refractivity contribution in [2.45, 2.75) is 97.8 Å². The van der Waals surface area contributed by atoms with Gasteiger partial charge in [0.05, 0.1) is 52.9 Å². The Bertz CT molecular complexity index is 3470. The van der Waals surface area contributed by atoms with Gasteiger partial charge in [0.15, 0.2) is 5.78 Å². The summed E-state index contributed by atoms with van der Waals surface area (Å²) in [5, 5.41) is 34.3. The molecule has 4 aromatic carbocycles. The highest BCUT2D eigenvalue weighted by Crippen LogP contribution is 2.35. The van der Waals surface area contributed by atoms with Crippen LogP contribution < -0.4 is 5.73 Å². The van der Waals surface area contributed by atoms with Gasteiger partial charge < -0.3 is 20.6 Å². The number of nitrogens with two attached hydrogens (primary N) is 1. The van der Waals surface area contributed by atoms with Crippen molar-refractivity contribution in [1.29, 1.82) is 0 Å². The molecule has 2 aliphatic heterocycles. The molecule has 10 rings (SSSR count). The van der Waals surface area contributed by atoms with E-state index in [9.17, 15) is 35.9 Å². The maximum absolute atomic E-state index is 13.9. The van der Waals surface area contributed by atoms with Crippen molar-refractivity contribution < 1.29 is 41.0 Å². The predicted molar refractivity (Wildman–Crippen MR) is 296 cm³/mol. The van der Waals surface area contributed by atoms with Crippen molar-refractivity contribution in [3.8, 4) is 33.9 Å². The molecule has 2 fully saturated rings. The van der Waals surface area contributed by atoms with Crippen LogP contribution >= 0.6 is 0 Å². The molecule has 0 unspecified atom stereocenters. The number of nitrogen functional groups attached to an aromatic ring is 1. The number of aromatic nitrogens is 10. The molecule has 22 heteroatoms. The van der Waals surface area contributed by atoms with Crippen LogP contribution in [0.15, 0.2) is 97.6 Å². The van der Waals surface area contributed by atoms with Crippen molar-refractivity contribution in [2.75, 3.05) is 45.0 Å². The quantitative estimate of drug-likeness (QED) is 0.0531. The van der Waals surface area contributed by atoms with Crippen LogP contribution in [-0.4, -0.2) is 115 Å². The zero-order chi connectivity index (χ0) is 58.2. The molecule has 2 aliphatic rings. The fourth-order valence-corrected chi connectivity index (χ4v) is 10.1. The van der Waals surface area contributed by atoms with Crippen LogP contribution in [0.4, 0.5) is 32.0 Å². The Morgan fingerprint density at radius 1 is 0.593 bits per heavy atom. The summed E-state index contributed by atoms with van der Waals surface area (Å²) in [6.45, 7) is 13.6. The summed E-state index contributed by atoms with van der Waals surface area (Å²) in [7, 11) is 3.76. The number of likely N-dealkylation sites (tertiary alicyclic amines) is 2. The van der Waals surface area contributed by atoms with Crippen molar-refractivity contribution in [3.63, 3.8) is 0 Å². The standard InChI is InChI=1S/C30H33F3N6O.C15H18F3NO2.C14H16N6/c1-20-8-9-22(15-28(20)39-19-27(35-36-39)25-18-34-37(3)21(25)2)16-29(40)24-11-10-23(26(17-24)30(31,32)33)7-6-14-38-12-4-5-13-38;16-15(17,18)13-10-12(14(20)21)6-5-11(13)4-3-9-19-7-1-2-8-19;1-9-4-5-11(15)6-14(9)20-8-13(17-18-20)12-7-16-19(3)10(12)2/h8-11,15,17-19H,4-7,12-14,16H2,1-3H3;5-6,10H,1-4,7-9H2,(H,20,21);4-8H,15H2,1-3H3. The maximum Gasteiger partial charge on any atom is 0.416 e. The van der Waals surface area contributed by atoms with Gasteiger partial charge in [-0.3, -0.25) is 14.2 Å². The number of rotatable bonds is 16. The number of hydrogen-bond acceptors (Lipinski definition) is 11. The van der Waals surface area contributed by atoms with Gasteiger partial charge in [-0.05, 0) is 183 Å². The lowest BCUT2D eigenvalue weighted by molar-refractivity contribution is -0.139. The van der Waals surface area contributed by atoms with E-state index in [1.54, 1.807) is 32.6 Å². The fourth-order valence-electron chi connectivity index (χ4n) is 10.1. The molecule has 16 nitrogen and oxygen atoms in total. The monoisotopic (exact) mass is 1120 g/mol. The van der Waals surface area contributed by atoms with Crippen LogP contribution in [0.25, 0.3) is 33.9 Å². The number of anilines is 1. The van der Waals surface area contributed by atoms with Crippen LogP contribution in [0, 0.1) is 27.7 Å². The van der Waals surface area contributed by atoms with Crippen LogP contribution in [0.2, 0.25) is 0 Å². The van der Waals surface area contributed by atoms with E-state index < -0.39 is 29.4 Å². The van der Waals surface area contributed by atoms with E-state index in [4.69, 9.17) is 10.8 Å². The molecule has 0 aliphatic carbocycles. The second-order valence-corrected chi connectivity index (χ2v) is 20.7. The average molecular weight is 1120 g/mol. The Kier molecular flexibility index (Phi) is 18.7. The second kappa shape index (κ2) is 25.6. The lowest BCUT2D eigenvalue weighted by atomic mass is 9.95. The number of aryl methyl sites for hydroxylation is 6. The number of ketones is 1. The molecule has 8 aromatic rings. The van der Waals surface area contributed by atoms with E-state index in [2.05, 4.69) is 40.6 Å². The number of halogens is 6. The Balaban J connectivity index is 0.000000176. The summed E-state index contributed by atoms with van der Waals surface area (Å²) in [5.74, 6) is -1.71. The van der Waals surface area contributed by atoms with Gasteiger partial charge in [0.1, 0.15) is 11.4 Å². The lowest BCUT2D eigenvalue weighted by Gasteiger charge is -2.17. The molecule has 3 N–H and O–H groups in total. The second-order valence-electron chi connectivity index (χ2n) is 20.7. The zero-order valence-electron chi connectivity index (χ0n) is 46.3. The Morgan fingerprint density at radius 3 is 1.48 bits per heavy atom. The summed E-state index contributed by atoms with van der Waals surface area (Å²) < 4.78 is 87.8. The Labute approximate surface area is 466 Å². The van der Waals surface area contributed by atoms with Gasteiger partial charge in [-0.2, -0.15) is 36.5 Å². The summed E-state index contributed by atoms with van der Waals surface area (Å²) in [6, 6.07) is 18.5. The molecule has 0 spiro atoms. The smallest absolute Gasteiger partial charge is 0.416 e. The van der Waals surface area contributed by atoms with E-state index in [0.29, 0.717) is 42.6 Å². The number of carbonyl (C=O) groups is 2. The van der Waals surface area contributed by atoms with Crippen LogP contribution in [0.5, 0.6) is 0 Å². The van der Waals surface area contributed by atoms with E-state index in [-0.39, 0.29) is 34.5 Å². The van der Waals surface area contributed by atoms with Crippen LogP contribution in [0.3, 0.4) is 0 Å². The SMILES string of the molecule is Cc1ccc(CC(=O)c2ccc(CCCN3CCCC3)c(C(F)(F)F)c2)cc1-n1cc(-c2cnn(C)c2C)nn1.Cc1ccc(N)cc1-n1cc(-c2cnn(C)c2C)nn1.O=C(O)c1ccc(CCCN2CCCC2)c(C(F)(F)F)c1. The number of carboxylic acid groups (broad SMARTS) is 1. The molecule has 428 valence electrons. The molecule has 81 heavy (non-hydrogen) atoms. The number of benzene rings is 4. The van der Waals surface area contributed by atoms with Gasteiger partial charge in [-0.25, -0.2) is 14.2 Å². The van der Waals surface area contributed by atoms with Crippen molar-refractivity contribution >= 4 is 17.4 Å². The first-order valence-corrected chi connectivity index (χ1v) is 26.9. The Morgan fingerprint density at radius 2 is 1.04 bits per heavy atom. The maximum atomic E-state index is 13.9. The van der Waals surface area contributed by atoms with Gasteiger partial charge in [0, 0.05) is 54.3 Å². The number of aromatic carboxylic acids is 1. The van der Waals surface area contributed by atoms with E-state index in [0.717, 1.165) is 128 Å². The van der Waals surface area contributed by atoms with Crippen molar-refractivity contribution in [1.82, 2.24) is 59.3 Å². The molecule has 0 amide bonds. The number of alkyl halides is 6. The first-order chi connectivity index (χ1) is 38.5. The highest BCUT2D eigenvalue weighted by atomic mass is 19.4. The number of nitrogens with zero attached hydrogens (tertiary/aromatic N) is 12.